The van der Waals surface area contributed by atoms with E-state index in [9.17, 15) is 13.2 Å². The predicted molar refractivity (Wildman–Crippen MR) is 82.1 cm³/mol. The number of ether oxygens (including phenoxy) is 1. The van der Waals surface area contributed by atoms with Crippen LogP contribution in [-0.4, -0.2) is 20.5 Å². The van der Waals surface area contributed by atoms with E-state index in [2.05, 4.69) is 4.72 Å². The van der Waals surface area contributed by atoms with Gasteiger partial charge in [-0.15, -0.1) is 11.3 Å². The van der Waals surface area contributed by atoms with Gasteiger partial charge in [-0.2, -0.15) is 0 Å². The third kappa shape index (κ3) is 3.83. The summed E-state index contributed by atoms with van der Waals surface area (Å²) in [6.07, 6.45) is -0.278. The first kappa shape index (κ1) is 15.5. The first-order valence-corrected chi connectivity index (χ1v) is 8.63. The molecule has 0 bridgehead atoms. The van der Waals surface area contributed by atoms with E-state index in [1.54, 1.807) is 37.4 Å². The molecule has 0 amide bonds. The molecule has 112 valence electrons. The lowest BCUT2D eigenvalue weighted by Gasteiger charge is -2.13. The molecule has 2 rings (SSSR count). The van der Waals surface area contributed by atoms with Crippen LogP contribution in [0.3, 0.4) is 0 Å². The molecule has 0 saturated heterocycles. The molecular formula is C14H15NO4S2. The maximum atomic E-state index is 12.2. The van der Waals surface area contributed by atoms with Gasteiger partial charge in [0.1, 0.15) is 4.21 Å². The van der Waals surface area contributed by atoms with Gasteiger partial charge < -0.3 is 4.74 Å². The number of hydrogen-bond donors (Lipinski definition) is 1. The summed E-state index contributed by atoms with van der Waals surface area (Å²) >= 11 is 1.11. The van der Waals surface area contributed by atoms with Crippen molar-refractivity contribution >= 4 is 33.0 Å². The van der Waals surface area contributed by atoms with E-state index >= 15 is 0 Å². The van der Waals surface area contributed by atoms with Crippen molar-refractivity contribution in [3.05, 3.63) is 47.3 Å². The molecule has 0 atom stereocenters. The van der Waals surface area contributed by atoms with Crippen molar-refractivity contribution in [1.29, 1.82) is 0 Å². The largest absolute Gasteiger partial charge is 0.459 e. The zero-order valence-corrected chi connectivity index (χ0v) is 13.2. The molecule has 0 aliphatic rings. The van der Waals surface area contributed by atoms with Gasteiger partial charge in [-0.05, 0) is 37.4 Å². The van der Waals surface area contributed by atoms with Gasteiger partial charge in [0, 0.05) is 0 Å². The van der Waals surface area contributed by atoms with E-state index < -0.39 is 16.0 Å². The monoisotopic (exact) mass is 325 g/mol. The zero-order valence-electron chi connectivity index (χ0n) is 11.6. The van der Waals surface area contributed by atoms with Crippen LogP contribution in [0.25, 0.3) is 0 Å². The van der Waals surface area contributed by atoms with Crippen molar-refractivity contribution in [2.45, 2.75) is 24.2 Å². The average Bonchev–Trinajstić information content (AvgIpc) is 2.92. The van der Waals surface area contributed by atoms with Gasteiger partial charge >= 0.3 is 5.97 Å². The van der Waals surface area contributed by atoms with Crippen molar-refractivity contribution in [1.82, 2.24) is 0 Å². The lowest BCUT2D eigenvalue weighted by Crippen LogP contribution is -2.17. The van der Waals surface area contributed by atoms with E-state index in [-0.39, 0.29) is 21.6 Å². The van der Waals surface area contributed by atoms with E-state index in [1.807, 2.05) is 0 Å². The minimum absolute atomic E-state index is 0.186. The summed E-state index contributed by atoms with van der Waals surface area (Å²) < 4.78 is 32.1. The van der Waals surface area contributed by atoms with Crippen LogP contribution >= 0.6 is 11.3 Å². The minimum Gasteiger partial charge on any atom is -0.459 e. The minimum atomic E-state index is -3.69. The van der Waals surface area contributed by atoms with E-state index in [4.69, 9.17) is 4.74 Å². The fraction of sp³-hybridized carbons (Fsp3) is 0.214. The number of anilines is 1. The summed E-state index contributed by atoms with van der Waals surface area (Å²) in [5.74, 6) is -0.561. The number of benzene rings is 1. The number of rotatable bonds is 5. The maximum Gasteiger partial charge on any atom is 0.340 e. The highest BCUT2D eigenvalue weighted by molar-refractivity contribution is 7.94. The number of nitrogens with one attached hydrogen (secondary N) is 1. The summed E-state index contributed by atoms with van der Waals surface area (Å²) in [5, 5.41) is 1.67. The normalized spacial score (nSPS) is 11.4. The number of esters is 1. The topological polar surface area (TPSA) is 72.5 Å². The third-order valence-electron chi connectivity index (χ3n) is 2.49. The molecule has 2 aromatic rings. The Hall–Kier alpha value is -1.86. The molecule has 7 heteroatoms. The van der Waals surface area contributed by atoms with Crippen LogP contribution in [0.5, 0.6) is 0 Å². The van der Waals surface area contributed by atoms with Crippen LogP contribution < -0.4 is 4.72 Å². The molecule has 1 aromatic heterocycles. The lowest BCUT2D eigenvalue weighted by atomic mass is 10.2. The van der Waals surface area contributed by atoms with Crippen molar-refractivity contribution < 1.29 is 17.9 Å². The third-order valence-corrected chi connectivity index (χ3v) is 5.26. The quantitative estimate of drug-likeness (QED) is 0.857. The van der Waals surface area contributed by atoms with E-state index in [1.165, 1.54) is 18.2 Å². The Labute approximate surface area is 127 Å². The summed E-state index contributed by atoms with van der Waals surface area (Å²) in [6, 6.07) is 9.51. The van der Waals surface area contributed by atoms with Crippen LogP contribution in [0, 0.1) is 0 Å². The first-order chi connectivity index (χ1) is 9.90. The highest BCUT2D eigenvalue weighted by Gasteiger charge is 2.20. The van der Waals surface area contributed by atoms with Crippen molar-refractivity contribution in [3.63, 3.8) is 0 Å². The van der Waals surface area contributed by atoms with E-state index in [0.717, 1.165) is 11.3 Å². The molecule has 0 aliphatic carbocycles. The molecule has 0 fully saturated rings. The summed E-state index contributed by atoms with van der Waals surface area (Å²) in [4.78, 5) is 12.0. The predicted octanol–water partition coefficient (Wildman–Crippen LogP) is 3.11. The van der Waals surface area contributed by atoms with Crippen molar-refractivity contribution in [2.24, 2.45) is 0 Å². The number of para-hydroxylation sites is 1. The molecule has 1 heterocycles. The standard InChI is InChI=1S/C14H15NO4S2/c1-10(2)19-14(16)11-6-3-4-7-12(11)15-21(17,18)13-8-5-9-20-13/h3-10,15H,1-2H3. The van der Waals surface area contributed by atoms with Gasteiger partial charge in [-0.1, -0.05) is 18.2 Å². The highest BCUT2D eigenvalue weighted by atomic mass is 32.2. The first-order valence-electron chi connectivity index (χ1n) is 6.26. The molecule has 0 radical (unpaired) electrons. The number of thiophene rings is 1. The fourth-order valence-electron chi connectivity index (χ4n) is 1.64. The van der Waals surface area contributed by atoms with Gasteiger partial charge in [0.15, 0.2) is 0 Å². The van der Waals surface area contributed by atoms with E-state index in [0.29, 0.717) is 0 Å². The van der Waals surface area contributed by atoms with Crippen LogP contribution in [0.15, 0.2) is 46.0 Å². The number of sulfonamides is 1. The Morgan fingerprint density at radius 2 is 1.90 bits per heavy atom. The zero-order chi connectivity index (χ0) is 15.5. The second kappa shape index (κ2) is 6.28. The summed E-state index contributed by atoms with van der Waals surface area (Å²) in [7, 11) is -3.69. The number of hydrogen-bond acceptors (Lipinski definition) is 5. The molecule has 0 spiro atoms. The molecule has 21 heavy (non-hydrogen) atoms. The molecule has 1 N–H and O–H groups in total. The van der Waals surface area contributed by atoms with Gasteiger partial charge in [-0.25, -0.2) is 13.2 Å². The molecular weight excluding hydrogens is 310 g/mol. The fourth-order valence-corrected chi connectivity index (χ4v) is 3.71. The van der Waals surface area contributed by atoms with Crippen LogP contribution in [0.2, 0.25) is 0 Å². The molecule has 0 aliphatic heterocycles. The van der Waals surface area contributed by atoms with Gasteiger partial charge in [0.25, 0.3) is 10.0 Å². The van der Waals surface area contributed by atoms with Gasteiger partial charge in [0.2, 0.25) is 0 Å². The van der Waals surface area contributed by atoms with Crippen LogP contribution in [0.1, 0.15) is 24.2 Å². The Balaban J connectivity index is 2.31. The Morgan fingerprint density at radius 3 is 2.52 bits per heavy atom. The smallest absolute Gasteiger partial charge is 0.340 e. The second-order valence-electron chi connectivity index (χ2n) is 4.54. The molecule has 0 saturated carbocycles. The Kier molecular flexibility index (Phi) is 4.64. The summed E-state index contributed by atoms with van der Waals surface area (Å²) in [5.41, 5.74) is 0.392. The molecule has 0 unspecified atom stereocenters. The SMILES string of the molecule is CC(C)OC(=O)c1ccccc1NS(=O)(=O)c1cccs1. The van der Waals surface area contributed by atoms with Crippen molar-refractivity contribution in [2.75, 3.05) is 4.72 Å². The van der Waals surface area contributed by atoms with Crippen molar-refractivity contribution in [3.8, 4) is 0 Å². The Bertz CT molecular complexity index is 721. The second-order valence-corrected chi connectivity index (χ2v) is 7.39. The van der Waals surface area contributed by atoms with Crippen LogP contribution in [0.4, 0.5) is 5.69 Å². The highest BCUT2D eigenvalue weighted by Crippen LogP contribution is 2.23. The average molecular weight is 325 g/mol. The van der Waals surface area contributed by atoms with Gasteiger partial charge in [-0.3, -0.25) is 4.72 Å². The molecule has 1 aromatic carbocycles. The molecule has 5 nitrogen and oxygen atoms in total. The maximum absolute atomic E-state index is 12.2. The number of carbonyl (C=O) groups is 1. The Morgan fingerprint density at radius 1 is 1.19 bits per heavy atom. The van der Waals surface area contributed by atoms with Gasteiger partial charge in [0.05, 0.1) is 17.4 Å². The number of carbonyl (C=O) groups excluding carboxylic acids is 1. The summed E-state index contributed by atoms with van der Waals surface area (Å²) in [6.45, 7) is 3.46. The van der Waals surface area contributed by atoms with Crippen LogP contribution in [-0.2, 0) is 14.8 Å². The lowest BCUT2D eigenvalue weighted by molar-refractivity contribution is 0.0379.